The summed E-state index contributed by atoms with van der Waals surface area (Å²) in [6, 6.07) is 5.87. The van der Waals surface area contributed by atoms with Crippen molar-refractivity contribution in [1.29, 1.82) is 10.5 Å². The minimum absolute atomic E-state index is 0.0516. The second-order valence-electron chi connectivity index (χ2n) is 10.6. The molecule has 1 heterocycles. The lowest BCUT2D eigenvalue weighted by Gasteiger charge is -2.16. The van der Waals surface area contributed by atoms with Crippen molar-refractivity contribution in [3.63, 3.8) is 0 Å². The van der Waals surface area contributed by atoms with Crippen molar-refractivity contribution >= 4 is 46.7 Å². The van der Waals surface area contributed by atoms with E-state index in [1.165, 1.54) is 51.2 Å². The maximum Gasteiger partial charge on any atom is 0.150 e. The minimum Gasteiger partial charge on any atom is -0.492 e. The van der Waals surface area contributed by atoms with Crippen LogP contribution in [0.25, 0.3) is 0 Å². The van der Waals surface area contributed by atoms with Crippen LogP contribution in [0.2, 0.25) is 0 Å². The number of rotatable bonds is 19. The van der Waals surface area contributed by atoms with Gasteiger partial charge >= 0.3 is 0 Å². The Balaban J connectivity index is 2.00. The summed E-state index contributed by atoms with van der Waals surface area (Å²) in [7, 11) is 0. The van der Waals surface area contributed by atoms with E-state index in [-0.39, 0.29) is 28.7 Å². The second kappa shape index (κ2) is 17.8. The molecular weight excluding hydrogens is 572 g/mol. The van der Waals surface area contributed by atoms with Gasteiger partial charge in [-0.2, -0.15) is 10.5 Å². The first-order valence-electron chi connectivity index (χ1n) is 14.4. The van der Waals surface area contributed by atoms with Gasteiger partial charge in [0.15, 0.2) is 0 Å². The van der Waals surface area contributed by atoms with E-state index in [4.69, 9.17) is 9.47 Å². The molecule has 1 aliphatic rings. The third-order valence-corrected chi connectivity index (χ3v) is 9.76. The van der Waals surface area contributed by atoms with Gasteiger partial charge < -0.3 is 9.47 Å². The monoisotopic (exact) mass is 612 g/mol. The zero-order valence-corrected chi connectivity index (χ0v) is 26.8. The number of hydrogen-bond acceptors (Lipinski definition) is 10. The Morgan fingerprint density at radius 2 is 1.17 bits per heavy atom. The van der Waals surface area contributed by atoms with Crippen molar-refractivity contribution in [3.05, 3.63) is 21.4 Å². The third-order valence-electron chi connectivity index (χ3n) is 7.15. The Bertz CT molecular complexity index is 1250. The quantitative estimate of drug-likeness (QED) is 0.0889. The zero-order valence-electron chi connectivity index (χ0n) is 25.2. The molecule has 0 aliphatic carbocycles. The van der Waals surface area contributed by atoms with Gasteiger partial charge in [0.05, 0.1) is 39.1 Å². The summed E-state index contributed by atoms with van der Waals surface area (Å²) in [6.07, 6.45) is 6.91. The number of allylic oxidation sites excluding steroid dienone is 1. The average Bonchev–Trinajstić information content (AvgIpc) is 3.35. The first kappa shape index (κ1) is 35.1. The molecule has 226 valence electrons. The molecule has 0 amide bonds. The van der Waals surface area contributed by atoms with E-state index in [2.05, 4.69) is 0 Å². The summed E-state index contributed by atoms with van der Waals surface area (Å²) in [5.41, 5.74) is 0.942. The molecular formula is C32H40N2O6S2. The van der Waals surface area contributed by atoms with Gasteiger partial charge in [0, 0.05) is 0 Å². The highest BCUT2D eigenvalue weighted by molar-refractivity contribution is 8.24. The molecule has 0 unspecified atom stereocenters. The molecule has 0 radical (unpaired) electrons. The van der Waals surface area contributed by atoms with Crippen LogP contribution in [-0.4, -0.2) is 36.3 Å². The van der Waals surface area contributed by atoms with Crippen LogP contribution in [0.1, 0.15) is 91.0 Å². The lowest BCUT2D eigenvalue weighted by molar-refractivity contribution is -0.132. The fraction of sp³-hybridized carbons (Fsp3) is 0.562. The predicted molar refractivity (Wildman–Crippen MR) is 163 cm³/mol. The van der Waals surface area contributed by atoms with Gasteiger partial charge in [0.1, 0.15) is 52.3 Å². The van der Waals surface area contributed by atoms with Crippen molar-refractivity contribution in [2.24, 2.45) is 11.8 Å². The normalized spacial score (nSPS) is 12.1. The Morgan fingerprint density at radius 3 is 1.67 bits per heavy atom. The Labute approximate surface area is 257 Å². The molecule has 0 bridgehead atoms. The van der Waals surface area contributed by atoms with Crippen LogP contribution in [0.5, 0.6) is 11.5 Å². The van der Waals surface area contributed by atoms with Crippen LogP contribution < -0.4 is 9.47 Å². The maximum absolute atomic E-state index is 11.6. The summed E-state index contributed by atoms with van der Waals surface area (Å²) in [5.74, 6) is 0.0368. The molecule has 1 aliphatic heterocycles. The third kappa shape index (κ3) is 10.3. The summed E-state index contributed by atoms with van der Waals surface area (Å²) >= 11 is 2.69. The van der Waals surface area contributed by atoms with E-state index >= 15 is 0 Å². The molecule has 8 nitrogen and oxygen atoms in total. The van der Waals surface area contributed by atoms with E-state index < -0.39 is 11.8 Å². The van der Waals surface area contributed by atoms with Crippen molar-refractivity contribution < 1.29 is 28.7 Å². The van der Waals surface area contributed by atoms with Gasteiger partial charge in [-0.25, -0.2) is 0 Å². The van der Waals surface area contributed by atoms with Crippen molar-refractivity contribution in [1.82, 2.24) is 0 Å². The van der Waals surface area contributed by atoms with Crippen LogP contribution in [0.15, 0.2) is 25.7 Å². The van der Waals surface area contributed by atoms with Gasteiger partial charge in [0.25, 0.3) is 0 Å². The van der Waals surface area contributed by atoms with Crippen LogP contribution >= 0.6 is 23.5 Å². The average molecular weight is 613 g/mol. The lowest BCUT2D eigenvalue weighted by Crippen LogP contribution is -2.19. The smallest absolute Gasteiger partial charge is 0.150 e. The molecule has 42 heavy (non-hydrogen) atoms. The molecule has 0 aromatic heterocycles. The van der Waals surface area contributed by atoms with Crippen LogP contribution in [-0.2, 0) is 19.2 Å². The number of aryl methyl sites for hydroxylation is 1. The van der Waals surface area contributed by atoms with Gasteiger partial charge in [-0.05, 0) is 71.9 Å². The van der Waals surface area contributed by atoms with Crippen LogP contribution in [0, 0.1) is 41.4 Å². The highest BCUT2D eigenvalue weighted by Gasteiger charge is 2.30. The van der Waals surface area contributed by atoms with E-state index in [1.54, 1.807) is 0 Å². The molecule has 0 fully saturated rings. The van der Waals surface area contributed by atoms with E-state index in [9.17, 15) is 29.7 Å². The molecule has 0 N–H and O–H groups in total. The van der Waals surface area contributed by atoms with E-state index in [0.717, 1.165) is 60.3 Å². The summed E-state index contributed by atoms with van der Waals surface area (Å²) < 4.78 is 13.0. The number of fused-ring (bicyclic) bond motifs is 1. The van der Waals surface area contributed by atoms with Gasteiger partial charge in [-0.1, -0.05) is 55.6 Å². The topological polar surface area (TPSA) is 134 Å². The van der Waals surface area contributed by atoms with Crippen LogP contribution in [0.4, 0.5) is 0 Å². The minimum atomic E-state index is -0.525. The second-order valence-corrected chi connectivity index (χ2v) is 12.9. The Kier molecular flexibility index (Phi) is 14.9. The number of ether oxygens (including phenoxy) is 2. The number of unbranched alkanes of at least 4 members (excludes halogenated alkanes) is 5. The van der Waals surface area contributed by atoms with Gasteiger partial charge in [0.2, 0.25) is 0 Å². The largest absolute Gasteiger partial charge is 0.492 e. The maximum atomic E-state index is 11.6. The SMILES string of the molecule is CC(=O)C(CCCCCCOc1cc(C)c(OCCCCCC(C(C)=O)C(C)=O)c2c1SC(=C(C#N)C#N)S2)C(C)=O. The number of ketones is 4. The highest BCUT2D eigenvalue weighted by atomic mass is 32.2. The first-order valence-corrected chi connectivity index (χ1v) is 16.0. The number of Topliss-reactive ketones (excluding diaryl/α,β-unsaturated/α-hetero) is 4. The zero-order chi connectivity index (χ0) is 31.2. The summed E-state index contributed by atoms with van der Waals surface area (Å²) in [4.78, 5) is 48.2. The fourth-order valence-electron chi connectivity index (χ4n) is 4.80. The van der Waals surface area contributed by atoms with Crippen molar-refractivity contribution in [2.45, 2.75) is 102 Å². The predicted octanol–water partition coefficient (Wildman–Crippen LogP) is 7.31. The molecule has 0 saturated carbocycles. The number of benzene rings is 1. The lowest BCUT2D eigenvalue weighted by atomic mass is 9.94. The number of nitrogens with zero attached hydrogens (tertiary/aromatic N) is 2. The molecule has 1 aromatic carbocycles. The number of nitriles is 2. The van der Waals surface area contributed by atoms with Crippen molar-refractivity contribution in [2.75, 3.05) is 13.2 Å². The number of carbonyl (C=O) groups excluding carboxylic acids is 4. The number of hydrogen-bond donors (Lipinski definition) is 0. The Morgan fingerprint density at radius 1 is 0.714 bits per heavy atom. The first-order chi connectivity index (χ1) is 20.0. The molecule has 0 atom stereocenters. The van der Waals surface area contributed by atoms with Crippen molar-refractivity contribution in [3.8, 4) is 23.6 Å². The van der Waals surface area contributed by atoms with Gasteiger partial charge in [-0.3, -0.25) is 19.2 Å². The summed E-state index contributed by atoms with van der Waals surface area (Å²) in [6.45, 7) is 8.74. The van der Waals surface area contributed by atoms with E-state index in [0.29, 0.717) is 41.8 Å². The Hall–Kier alpha value is -3.08. The highest BCUT2D eigenvalue weighted by Crippen LogP contribution is 2.59. The molecule has 2 rings (SSSR count). The molecule has 0 saturated heterocycles. The van der Waals surface area contributed by atoms with E-state index in [1.807, 2.05) is 25.1 Å². The van der Waals surface area contributed by atoms with Crippen LogP contribution in [0.3, 0.4) is 0 Å². The molecule has 10 heteroatoms. The van der Waals surface area contributed by atoms with Gasteiger partial charge in [-0.15, -0.1) is 0 Å². The summed E-state index contributed by atoms with van der Waals surface area (Å²) in [5, 5.41) is 18.9. The molecule has 0 spiro atoms. The number of thioether (sulfide) groups is 2. The molecule has 1 aromatic rings. The number of carbonyl (C=O) groups is 4. The fourth-order valence-corrected chi connectivity index (χ4v) is 7.38. The standard InChI is InChI=1S/C32H40N2O6S2/c1-20-17-28(39-15-11-7-6-9-13-26(21(2)35)22(3)36)30-31(42-32(41-30)25(18-33)19-34)29(20)40-16-12-8-10-14-27(23(4)37)24(5)38/h17,26-27H,6-16H2,1-5H3.